The number of Topliss-reactive ketones (excluding diaryl/α,β-unsaturated/α-hetero) is 1. The van der Waals surface area contributed by atoms with E-state index in [0.717, 1.165) is 28.5 Å². The average Bonchev–Trinajstić information content (AvgIpc) is 2.61. The summed E-state index contributed by atoms with van der Waals surface area (Å²) in [6, 6.07) is 0. The molecule has 1 aliphatic carbocycles. The molecule has 0 fully saturated rings. The first-order valence-electron chi connectivity index (χ1n) is 4.93. The molecule has 0 unspecified atom stereocenters. The summed E-state index contributed by atoms with van der Waals surface area (Å²) in [5, 5.41) is 0.743. The van der Waals surface area contributed by atoms with Crippen LogP contribution in [0.25, 0.3) is 0 Å². The highest BCUT2D eigenvalue weighted by Gasteiger charge is 2.25. The maximum absolute atomic E-state index is 11.6. The molecule has 1 aliphatic rings. The van der Waals surface area contributed by atoms with Crippen LogP contribution >= 0.6 is 11.8 Å². The van der Waals surface area contributed by atoms with Gasteiger partial charge in [-0.15, -0.1) is 0 Å². The van der Waals surface area contributed by atoms with Crippen LogP contribution < -0.4 is 5.73 Å². The number of fused-ring (bicyclic) bond motifs is 1. The molecule has 0 radical (unpaired) electrons. The van der Waals surface area contributed by atoms with Crippen molar-refractivity contribution < 1.29 is 4.79 Å². The zero-order chi connectivity index (χ0) is 10.8. The number of hydrogen-bond acceptors (Lipinski definition) is 5. The summed E-state index contributed by atoms with van der Waals surface area (Å²) >= 11 is 1.50. The molecular weight excluding hydrogens is 210 g/mol. The molecule has 1 aromatic heterocycles. The van der Waals surface area contributed by atoms with Gasteiger partial charge in [0.05, 0.1) is 17.0 Å². The van der Waals surface area contributed by atoms with E-state index >= 15 is 0 Å². The molecule has 0 spiro atoms. The van der Waals surface area contributed by atoms with Crippen molar-refractivity contribution in [2.45, 2.75) is 24.4 Å². The lowest BCUT2D eigenvalue weighted by Crippen LogP contribution is -2.11. The fraction of sp³-hybridized carbons (Fsp3) is 0.500. The Morgan fingerprint density at radius 1 is 1.40 bits per heavy atom. The van der Waals surface area contributed by atoms with Crippen LogP contribution in [-0.4, -0.2) is 28.6 Å². The summed E-state index contributed by atoms with van der Waals surface area (Å²) < 4.78 is 0. The number of nitrogens with zero attached hydrogens (tertiary/aromatic N) is 2. The Morgan fingerprint density at radius 3 is 2.87 bits per heavy atom. The molecule has 2 rings (SSSR count). The van der Waals surface area contributed by atoms with Crippen LogP contribution in [0.5, 0.6) is 0 Å². The minimum absolute atomic E-state index is 0.168. The van der Waals surface area contributed by atoms with E-state index in [1.165, 1.54) is 11.8 Å². The zero-order valence-corrected chi connectivity index (χ0v) is 9.43. The van der Waals surface area contributed by atoms with Crippen molar-refractivity contribution >= 4 is 17.5 Å². The summed E-state index contributed by atoms with van der Waals surface area (Å²) in [4.78, 5) is 20.3. The molecule has 5 heteroatoms. The number of carbonyl (C=O) groups is 1. The van der Waals surface area contributed by atoms with Crippen molar-refractivity contribution in [3.8, 4) is 0 Å². The van der Waals surface area contributed by atoms with Crippen LogP contribution in [0, 0.1) is 0 Å². The molecule has 0 aromatic carbocycles. The van der Waals surface area contributed by atoms with E-state index in [1.54, 1.807) is 0 Å². The number of aromatic nitrogens is 2. The molecule has 0 saturated carbocycles. The molecular formula is C10H13N3OS. The zero-order valence-electron chi connectivity index (χ0n) is 8.62. The topological polar surface area (TPSA) is 68.9 Å². The predicted molar refractivity (Wildman–Crippen MR) is 59.2 cm³/mol. The highest BCUT2D eigenvalue weighted by Crippen LogP contribution is 2.25. The second-order valence-corrected chi connectivity index (χ2v) is 4.21. The Kier molecular flexibility index (Phi) is 3.02. The van der Waals surface area contributed by atoms with Crippen LogP contribution in [0.15, 0.2) is 5.16 Å². The number of thioether (sulfide) groups is 1. The lowest BCUT2D eigenvalue weighted by Gasteiger charge is -2.06. The predicted octanol–water partition coefficient (Wildman–Crippen LogP) is 0.829. The summed E-state index contributed by atoms with van der Waals surface area (Å²) in [6.45, 7) is 0.518. The summed E-state index contributed by atoms with van der Waals surface area (Å²) in [7, 11) is 0. The highest BCUT2D eigenvalue weighted by atomic mass is 32.2. The van der Waals surface area contributed by atoms with Crippen molar-refractivity contribution in [2.24, 2.45) is 5.73 Å². The average molecular weight is 223 g/mol. The van der Waals surface area contributed by atoms with Gasteiger partial charge in [0.2, 0.25) is 0 Å². The third-order valence-electron chi connectivity index (χ3n) is 2.47. The fourth-order valence-corrected chi connectivity index (χ4v) is 2.21. The Labute approximate surface area is 92.7 Å². The van der Waals surface area contributed by atoms with Crippen LogP contribution in [0.4, 0.5) is 0 Å². The van der Waals surface area contributed by atoms with E-state index in [4.69, 9.17) is 5.73 Å². The monoisotopic (exact) mass is 223 g/mol. The van der Waals surface area contributed by atoms with E-state index < -0.39 is 0 Å². The Morgan fingerprint density at radius 2 is 2.20 bits per heavy atom. The number of carbonyl (C=O) groups excluding carboxylic acids is 1. The fourth-order valence-electron chi connectivity index (χ4n) is 1.80. The molecule has 1 heterocycles. The minimum atomic E-state index is 0.168. The van der Waals surface area contributed by atoms with Crippen LogP contribution in [-0.2, 0) is 12.8 Å². The van der Waals surface area contributed by atoms with Gasteiger partial charge < -0.3 is 5.73 Å². The largest absolute Gasteiger partial charge is 0.330 e. The maximum Gasteiger partial charge on any atom is 0.187 e. The van der Waals surface area contributed by atoms with Gasteiger partial charge in [0.25, 0.3) is 0 Å². The van der Waals surface area contributed by atoms with E-state index in [9.17, 15) is 4.79 Å². The van der Waals surface area contributed by atoms with Crippen LogP contribution in [0.3, 0.4) is 0 Å². The molecule has 0 saturated heterocycles. The number of rotatable bonds is 3. The van der Waals surface area contributed by atoms with Crippen molar-refractivity contribution in [3.05, 3.63) is 17.0 Å². The van der Waals surface area contributed by atoms with E-state index in [2.05, 4.69) is 9.97 Å². The molecule has 0 aliphatic heterocycles. The van der Waals surface area contributed by atoms with E-state index in [-0.39, 0.29) is 5.78 Å². The first-order chi connectivity index (χ1) is 7.26. The second-order valence-electron chi connectivity index (χ2n) is 3.44. The number of hydrogen-bond donors (Lipinski definition) is 1. The van der Waals surface area contributed by atoms with Gasteiger partial charge in [-0.25, -0.2) is 9.97 Å². The lowest BCUT2D eigenvalue weighted by molar-refractivity contribution is 0.0993. The quantitative estimate of drug-likeness (QED) is 0.607. The normalized spacial score (nSPS) is 14.4. The molecule has 2 N–H and O–H groups in total. The first-order valence-corrected chi connectivity index (χ1v) is 6.15. The molecule has 0 atom stereocenters. The summed E-state index contributed by atoms with van der Waals surface area (Å²) in [6.07, 6.45) is 3.91. The molecule has 0 amide bonds. The van der Waals surface area contributed by atoms with Crippen LogP contribution in [0.2, 0.25) is 0 Å². The van der Waals surface area contributed by atoms with Gasteiger partial charge in [-0.05, 0) is 19.2 Å². The Balaban J connectivity index is 2.50. The molecule has 0 bridgehead atoms. The standard InChI is InChI=1S/C10H13N3OS/c1-15-10-12-6-2-3-8(14)9(6)7(13-10)4-5-11/h2-5,11H2,1H3. The summed E-state index contributed by atoms with van der Waals surface area (Å²) in [5.41, 5.74) is 7.98. The molecule has 80 valence electrons. The SMILES string of the molecule is CSc1nc(CCN)c2c(n1)CCC2=O. The third-order valence-corrected chi connectivity index (χ3v) is 3.02. The van der Waals surface area contributed by atoms with Crippen molar-refractivity contribution in [3.63, 3.8) is 0 Å². The number of aryl methyl sites for hydroxylation is 1. The van der Waals surface area contributed by atoms with Gasteiger partial charge in [0.15, 0.2) is 10.9 Å². The van der Waals surface area contributed by atoms with Crippen molar-refractivity contribution in [1.82, 2.24) is 9.97 Å². The van der Waals surface area contributed by atoms with Gasteiger partial charge in [-0.1, -0.05) is 11.8 Å². The van der Waals surface area contributed by atoms with Crippen molar-refractivity contribution in [1.29, 1.82) is 0 Å². The smallest absolute Gasteiger partial charge is 0.187 e. The Bertz CT molecular complexity index is 406. The molecule has 15 heavy (non-hydrogen) atoms. The summed E-state index contributed by atoms with van der Waals surface area (Å²) in [5.74, 6) is 0.168. The maximum atomic E-state index is 11.6. The van der Waals surface area contributed by atoms with Gasteiger partial charge in [0, 0.05) is 12.8 Å². The van der Waals surface area contributed by atoms with Gasteiger partial charge in [0.1, 0.15) is 0 Å². The second kappa shape index (κ2) is 4.28. The number of nitrogens with two attached hydrogens (primary N) is 1. The van der Waals surface area contributed by atoms with Gasteiger partial charge in [-0.3, -0.25) is 4.79 Å². The highest BCUT2D eigenvalue weighted by molar-refractivity contribution is 7.98. The number of ketones is 1. The van der Waals surface area contributed by atoms with E-state index in [0.29, 0.717) is 19.4 Å². The third kappa shape index (κ3) is 1.89. The molecule has 1 aromatic rings. The van der Waals surface area contributed by atoms with E-state index in [1.807, 2.05) is 6.26 Å². The van der Waals surface area contributed by atoms with Gasteiger partial charge in [-0.2, -0.15) is 0 Å². The van der Waals surface area contributed by atoms with Crippen LogP contribution in [0.1, 0.15) is 28.2 Å². The lowest BCUT2D eigenvalue weighted by atomic mass is 10.1. The van der Waals surface area contributed by atoms with Crippen molar-refractivity contribution in [2.75, 3.05) is 12.8 Å². The first kappa shape index (κ1) is 10.6. The minimum Gasteiger partial charge on any atom is -0.330 e. The van der Waals surface area contributed by atoms with Gasteiger partial charge >= 0.3 is 0 Å². The Hall–Kier alpha value is -0.940. The molecule has 4 nitrogen and oxygen atoms in total.